The van der Waals surface area contributed by atoms with Crippen LogP contribution in [-0.2, 0) is 11.3 Å². The van der Waals surface area contributed by atoms with Crippen molar-refractivity contribution in [3.63, 3.8) is 0 Å². The van der Waals surface area contributed by atoms with Crippen molar-refractivity contribution in [2.45, 2.75) is 6.54 Å². The Balaban J connectivity index is 1.53. The number of H-pyrrole nitrogens is 1. The lowest BCUT2D eigenvalue weighted by Gasteiger charge is -2.05. The summed E-state index contributed by atoms with van der Waals surface area (Å²) in [6.45, 7) is 1.28. The molecule has 140 valence electrons. The van der Waals surface area contributed by atoms with Crippen LogP contribution in [0.3, 0.4) is 0 Å². The fourth-order valence-electron chi connectivity index (χ4n) is 2.87. The summed E-state index contributed by atoms with van der Waals surface area (Å²) in [7, 11) is 1.67. The minimum atomic E-state index is 0.560. The lowest BCUT2D eigenvalue weighted by atomic mass is 10.3. The van der Waals surface area contributed by atoms with E-state index in [1.807, 2.05) is 35.1 Å². The molecule has 0 spiro atoms. The van der Waals surface area contributed by atoms with Crippen LogP contribution in [-0.4, -0.2) is 48.6 Å². The minimum Gasteiger partial charge on any atom is -0.383 e. The van der Waals surface area contributed by atoms with Crippen LogP contribution in [0.1, 0.15) is 0 Å². The third-order valence-corrected chi connectivity index (χ3v) is 5.24. The van der Waals surface area contributed by atoms with Gasteiger partial charge in [-0.05, 0) is 12.1 Å². The van der Waals surface area contributed by atoms with E-state index in [4.69, 9.17) is 9.72 Å². The molecule has 9 nitrogen and oxygen atoms in total. The van der Waals surface area contributed by atoms with Gasteiger partial charge in [-0.25, -0.2) is 15.0 Å². The lowest BCUT2D eigenvalue weighted by Crippen LogP contribution is -2.04. The molecule has 1 aromatic carbocycles. The number of thiazole rings is 1. The molecule has 4 aromatic heterocycles. The lowest BCUT2D eigenvalue weighted by molar-refractivity contribution is 0.183. The van der Waals surface area contributed by atoms with Crippen LogP contribution in [0.2, 0.25) is 0 Å². The molecule has 4 heterocycles. The Hall–Kier alpha value is -3.37. The van der Waals surface area contributed by atoms with E-state index in [-0.39, 0.29) is 0 Å². The quantitative estimate of drug-likeness (QED) is 0.457. The minimum absolute atomic E-state index is 0.560. The van der Waals surface area contributed by atoms with Gasteiger partial charge in [-0.3, -0.25) is 9.78 Å². The maximum absolute atomic E-state index is 5.09. The van der Waals surface area contributed by atoms with Gasteiger partial charge >= 0.3 is 0 Å². The maximum atomic E-state index is 5.09. The van der Waals surface area contributed by atoms with Crippen molar-refractivity contribution in [3.8, 4) is 10.8 Å². The number of ether oxygens (including phenoxy) is 1. The standard InChI is InChI=1S/C18H16N8OS/c1-27-7-6-26-10-11(8-20-26)21-16-15-13(9-19-25-15)22-17(24-16)18-23-12-4-2-3-5-14(12)28-18/h2-5,8-10H,6-7H2,1H3,(H,19,25)(H,21,22,24). The number of aromatic nitrogens is 7. The van der Waals surface area contributed by atoms with E-state index in [2.05, 4.69) is 30.6 Å². The number of fused-ring (bicyclic) bond motifs is 2. The zero-order valence-corrected chi connectivity index (χ0v) is 15.8. The first-order chi connectivity index (χ1) is 13.8. The molecule has 0 fully saturated rings. The molecule has 2 N–H and O–H groups in total. The Morgan fingerprint density at radius 1 is 1.14 bits per heavy atom. The topological polar surface area (TPSA) is 106 Å². The van der Waals surface area contributed by atoms with Gasteiger partial charge in [0.05, 0.1) is 41.4 Å². The Kier molecular flexibility index (Phi) is 4.18. The number of methoxy groups -OCH3 is 1. The average Bonchev–Trinajstić information content (AvgIpc) is 3.45. The number of rotatable bonds is 6. The Labute approximate surface area is 163 Å². The molecule has 10 heteroatoms. The number of hydrogen-bond acceptors (Lipinski definition) is 8. The molecule has 0 radical (unpaired) electrons. The van der Waals surface area contributed by atoms with Crippen LogP contribution in [0, 0.1) is 0 Å². The van der Waals surface area contributed by atoms with E-state index < -0.39 is 0 Å². The molecule has 0 saturated heterocycles. The fourth-order valence-corrected chi connectivity index (χ4v) is 3.77. The normalized spacial score (nSPS) is 11.5. The second kappa shape index (κ2) is 6.98. The van der Waals surface area contributed by atoms with Crippen molar-refractivity contribution in [1.29, 1.82) is 0 Å². The van der Waals surface area contributed by atoms with Gasteiger partial charge in [0.1, 0.15) is 11.0 Å². The van der Waals surface area contributed by atoms with Crippen LogP contribution < -0.4 is 5.32 Å². The van der Waals surface area contributed by atoms with Crippen molar-refractivity contribution < 1.29 is 4.74 Å². The summed E-state index contributed by atoms with van der Waals surface area (Å²) in [5.41, 5.74) is 3.21. The van der Waals surface area contributed by atoms with Crippen LogP contribution in [0.5, 0.6) is 0 Å². The molecule has 0 aliphatic rings. The number of para-hydroxylation sites is 1. The summed E-state index contributed by atoms with van der Waals surface area (Å²) < 4.78 is 8.00. The first-order valence-electron chi connectivity index (χ1n) is 8.65. The predicted octanol–water partition coefficient (Wildman–Crippen LogP) is 3.22. The number of nitrogens with zero attached hydrogens (tertiary/aromatic N) is 6. The zero-order valence-electron chi connectivity index (χ0n) is 15.0. The molecule has 0 atom stereocenters. The van der Waals surface area contributed by atoms with E-state index in [0.29, 0.717) is 24.8 Å². The molecule has 0 aliphatic carbocycles. The highest BCUT2D eigenvalue weighted by molar-refractivity contribution is 7.21. The van der Waals surface area contributed by atoms with E-state index >= 15 is 0 Å². The van der Waals surface area contributed by atoms with Gasteiger partial charge in [-0.2, -0.15) is 10.2 Å². The van der Waals surface area contributed by atoms with E-state index in [1.54, 1.807) is 30.8 Å². The molecule has 28 heavy (non-hydrogen) atoms. The highest BCUT2D eigenvalue weighted by Gasteiger charge is 2.15. The number of anilines is 2. The molecular weight excluding hydrogens is 376 g/mol. The highest BCUT2D eigenvalue weighted by atomic mass is 32.1. The Morgan fingerprint density at radius 2 is 2.07 bits per heavy atom. The van der Waals surface area contributed by atoms with Gasteiger partial charge in [0.25, 0.3) is 0 Å². The summed E-state index contributed by atoms with van der Waals surface area (Å²) >= 11 is 1.56. The molecule has 0 unspecified atom stereocenters. The zero-order chi connectivity index (χ0) is 18.9. The largest absolute Gasteiger partial charge is 0.383 e. The second-order valence-electron chi connectivity index (χ2n) is 6.12. The van der Waals surface area contributed by atoms with E-state index in [1.165, 1.54) is 0 Å². The number of nitrogens with one attached hydrogen (secondary N) is 2. The predicted molar refractivity (Wildman–Crippen MR) is 108 cm³/mol. The molecule has 5 rings (SSSR count). The van der Waals surface area contributed by atoms with E-state index in [9.17, 15) is 0 Å². The van der Waals surface area contributed by atoms with Gasteiger partial charge in [-0.15, -0.1) is 11.3 Å². The van der Waals surface area contributed by atoms with Crippen LogP contribution in [0.4, 0.5) is 11.5 Å². The van der Waals surface area contributed by atoms with Crippen LogP contribution >= 0.6 is 11.3 Å². The van der Waals surface area contributed by atoms with Crippen LogP contribution in [0.25, 0.3) is 32.1 Å². The smallest absolute Gasteiger partial charge is 0.191 e. The SMILES string of the molecule is COCCn1cc(Nc2nc(-c3nc4ccccc4s3)nc3cn[nH]c23)cn1. The van der Waals surface area contributed by atoms with Gasteiger partial charge in [0.2, 0.25) is 0 Å². The van der Waals surface area contributed by atoms with Crippen LogP contribution in [0.15, 0.2) is 42.9 Å². The summed E-state index contributed by atoms with van der Waals surface area (Å²) in [6, 6.07) is 8.00. The molecule has 0 amide bonds. The van der Waals surface area contributed by atoms with E-state index in [0.717, 1.165) is 31.9 Å². The second-order valence-corrected chi connectivity index (χ2v) is 7.15. The monoisotopic (exact) mass is 392 g/mol. The first kappa shape index (κ1) is 16.8. The van der Waals surface area contributed by atoms with Gasteiger partial charge in [0.15, 0.2) is 16.6 Å². The van der Waals surface area contributed by atoms with Crippen molar-refractivity contribution in [3.05, 3.63) is 42.9 Å². The molecular formula is C18H16N8OS. The number of aromatic amines is 1. The summed E-state index contributed by atoms with van der Waals surface area (Å²) in [5.74, 6) is 1.19. The van der Waals surface area contributed by atoms with Gasteiger partial charge in [0, 0.05) is 13.3 Å². The summed E-state index contributed by atoms with van der Waals surface area (Å²) in [4.78, 5) is 14.0. The van der Waals surface area contributed by atoms with Gasteiger partial charge in [-0.1, -0.05) is 12.1 Å². The maximum Gasteiger partial charge on any atom is 0.191 e. The third-order valence-electron chi connectivity index (χ3n) is 4.21. The Bertz CT molecular complexity index is 1220. The number of benzene rings is 1. The first-order valence-corrected chi connectivity index (χ1v) is 9.47. The molecule has 0 saturated carbocycles. The van der Waals surface area contributed by atoms with Crippen molar-refractivity contribution in [1.82, 2.24) is 34.9 Å². The third kappa shape index (κ3) is 3.08. The average molecular weight is 392 g/mol. The fraction of sp³-hybridized carbons (Fsp3) is 0.167. The summed E-state index contributed by atoms with van der Waals surface area (Å²) in [5, 5.41) is 15.5. The van der Waals surface area contributed by atoms with Crippen molar-refractivity contribution in [2.24, 2.45) is 0 Å². The molecule has 0 aliphatic heterocycles. The molecule has 5 aromatic rings. The van der Waals surface area contributed by atoms with Crippen molar-refractivity contribution >= 4 is 44.1 Å². The Morgan fingerprint density at radius 3 is 2.96 bits per heavy atom. The summed E-state index contributed by atoms with van der Waals surface area (Å²) in [6.07, 6.45) is 5.33. The number of hydrogen-bond donors (Lipinski definition) is 2. The molecule has 0 bridgehead atoms. The van der Waals surface area contributed by atoms with Gasteiger partial charge < -0.3 is 10.1 Å². The highest BCUT2D eigenvalue weighted by Crippen LogP contribution is 2.31. The van der Waals surface area contributed by atoms with Crippen molar-refractivity contribution in [2.75, 3.05) is 19.0 Å².